The van der Waals surface area contributed by atoms with Gasteiger partial charge in [0.1, 0.15) is 43.2 Å². The normalized spacial score (nSPS) is 37.9. The molecule has 0 aromatic rings. The van der Waals surface area contributed by atoms with Crippen molar-refractivity contribution in [3.63, 3.8) is 0 Å². The van der Waals surface area contributed by atoms with Crippen LogP contribution in [0.4, 0.5) is 4.79 Å². The van der Waals surface area contributed by atoms with E-state index in [2.05, 4.69) is 9.47 Å². The Morgan fingerprint density at radius 1 is 1.00 bits per heavy atom. The lowest BCUT2D eigenvalue weighted by atomic mass is 9.85. The van der Waals surface area contributed by atoms with E-state index in [1.807, 2.05) is 0 Å². The van der Waals surface area contributed by atoms with Gasteiger partial charge in [0.25, 0.3) is 0 Å². The Labute approximate surface area is 120 Å². The van der Waals surface area contributed by atoms with Crippen molar-refractivity contribution in [2.75, 3.05) is 20.3 Å². The third-order valence-electron chi connectivity index (χ3n) is 3.23. The molecule has 21 heavy (non-hydrogen) atoms. The van der Waals surface area contributed by atoms with E-state index in [0.717, 1.165) is 0 Å². The van der Waals surface area contributed by atoms with Gasteiger partial charge in [-0.3, -0.25) is 0 Å². The molecule has 0 aromatic heterocycles. The molecule has 1 aliphatic carbocycles. The van der Waals surface area contributed by atoms with E-state index < -0.39 is 55.5 Å². The topological polar surface area (TPSA) is 166 Å². The molecule has 0 aliphatic heterocycles. The number of rotatable bonds is 5. The smallest absolute Gasteiger partial charge is 0.431 e. The van der Waals surface area contributed by atoms with Gasteiger partial charge in [0.15, 0.2) is 6.10 Å². The number of ether oxygens (including phenoxy) is 3. The highest BCUT2D eigenvalue weighted by atomic mass is 16.7. The molecular weight excluding hydrogens is 292 g/mol. The van der Waals surface area contributed by atoms with E-state index in [0.29, 0.717) is 0 Å². The summed E-state index contributed by atoms with van der Waals surface area (Å²) in [5, 5.41) is 56.3. The molecule has 1 saturated carbocycles. The Bertz CT molecular complexity index is 317. The summed E-state index contributed by atoms with van der Waals surface area (Å²) in [6, 6.07) is 0. The zero-order valence-electron chi connectivity index (χ0n) is 11.3. The van der Waals surface area contributed by atoms with Gasteiger partial charge in [-0.1, -0.05) is 0 Å². The van der Waals surface area contributed by atoms with Crippen LogP contribution in [-0.2, 0) is 14.2 Å². The van der Waals surface area contributed by atoms with Gasteiger partial charge in [-0.05, 0) is 0 Å². The molecule has 10 heteroatoms. The highest BCUT2D eigenvalue weighted by molar-refractivity contribution is 5.60. The Balaban J connectivity index is 2.57. The van der Waals surface area contributed by atoms with Crippen molar-refractivity contribution in [1.29, 1.82) is 0 Å². The maximum Gasteiger partial charge on any atom is 0.508 e. The Hall–Kier alpha value is -1.01. The first-order valence-corrected chi connectivity index (χ1v) is 6.20. The third kappa shape index (κ3) is 4.23. The Morgan fingerprint density at radius 2 is 1.48 bits per heavy atom. The van der Waals surface area contributed by atoms with Crippen LogP contribution in [0.2, 0.25) is 0 Å². The van der Waals surface area contributed by atoms with Gasteiger partial charge in [0.2, 0.25) is 0 Å². The van der Waals surface area contributed by atoms with Crippen LogP contribution < -0.4 is 0 Å². The van der Waals surface area contributed by atoms with Crippen molar-refractivity contribution in [1.82, 2.24) is 0 Å². The molecular formula is C11H20O10. The predicted octanol–water partition coefficient (Wildman–Crippen LogP) is -3.67. The van der Waals surface area contributed by atoms with E-state index in [9.17, 15) is 30.3 Å². The van der Waals surface area contributed by atoms with Crippen LogP contribution in [0, 0.1) is 0 Å². The van der Waals surface area contributed by atoms with Gasteiger partial charge in [-0.2, -0.15) is 0 Å². The molecule has 1 fully saturated rings. The number of carbonyl (C=O) groups excluding carboxylic acids is 1. The summed E-state index contributed by atoms with van der Waals surface area (Å²) in [6.07, 6.45) is -12.7. The van der Waals surface area contributed by atoms with Crippen molar-refractivity contribution >= 4 is 6.16 Å². The molecule has 0 spiro atoms. The molecule has 0 radical (unpaired) electrons. The highest BCUT2D eigenvalue weighted by Crippen LogP contribution is 2.24. The SMILES string of the molecule is COC(CO)COC(=O)OC1C(O)[C@@H](O)C(O)[C@H](O)[C@@H]1O. The van der Waals surface area contributed by atoms with Crippen LogP contribution in [0.25, 0.3) is 0 Å². The number of hydrogen-bond donors (Lipinski definition) is 6. The average Bonchev–Trinajstić information content (AvgIpc) is 2.48. The molecule has 0 bridgehead atoms. The molecule has 4 unspecified atom stereocenters. The summed E-state index contributed by atoms with van der Waals surface area (Å²) in [6.45, 7) is -0.736. The third-order valence-corrected chi connectivity index (χ3v) is 3.23. The van der Waals surface area contributed by atoms with Crippen molar-refractivity contribution < 1.29 is 49.6 Å². The summed E-state index contributed by atoms with van der Waals surface area (Å²) >= 11 is 0. The van der Waals surface area contributed by atoms with Crippen molar-refractivity contribution in [3.8, 4) is 0 Å². The van der Waals surface area contributed by atoms with Gasteiger partial charge in [-0.15, -0.1) is 0 Å². The fourth-order valence-corrected chi connectivity index (χ4v) is 1.84. The molecule has 0 amide bonds. The van der Waals surface area contributed by atoms with E-state index in [1.165, 1.54) is 7.11 Å². The Kier molecular flexibility index (Phi) is 6.74. The first-order chi connectivity index (χ1) is 9.83. The van der Waals surface area contributed by atoms with Crippen LogP contribution in [0.1, 0.15) is 0 Å². The molecule has 1 rings (SSSR count). The zero-order valence-corrected chi connectivity index (χ0v) is 11.3. The first kappa shape index (κ1) is 18.0. The number of carbonyl (C=O) groups is 1. The molecule has 0 heterocycles. The minimum absolute atomic E-state index is 0.335. The van der Waals surface area contributed by atoms with Gasteiger partial charge in [-0.25, -0.2) is 4.79 Å². The standard InChI is InChI=1S/C11H20O10/c1-19-4(2-12)3-20-11(18)21-10-8(16)6(14)5(13)7(15)9(10)17/h4-10,12-17H,2-3H2,1H3/t4?,5?,6-,7-,8-,9?,10?/m0/s1. The van der Waals surface area contributed by atoms with Crippen molar-refractivity contribution in [2.45, 2.75) is 42.7 Å². The van der Waals surface area contributed by atoms with Crippen LogP contribution in [0.5, 0.6) is 0 Å². The number of aliphatic hydroxyl groups is 6. The lowest BCUT2D eigenvalue weighted by Crippen LogP contribution is -2.64. The summed E-state index contributed by atoms with van der Waals surface area (Å²) in [7, 11) is 1.29. The fourth-order valence-electron chi connectivity index (χ4n) is 1.84. The van der Waals surface area contributed by atoms with Crippen molar-refractivity contribution in [2.24, 2.45) is 0 Å². The molecule has 6 N–H and O–H groups in total. The van der Waals surface area contributed by atoms with E-state index >= 15 is 0 Å². The predicted molar refractivity (Wildman–Crippen MR) is 64.1 cm³/mol. The fraction of sp³-hybridized carbons (Fsp3) is 0.909. The number of aliphatic hydroxyl groups excluding tert-OH is 6. The summed E-state index contributed by atoms with van der Waals surface area (Å²) in [4.78, 5) is 11.4. The second-order valence-electron chi connectivity index (χ2n) is 4.64. The number of methoxy groups -OCH3 is 1. The monoisotopic (exact) mass is 312 g/mol. The largest absolute Gasteiger partial charge is 0.508 e. The van der Waals surface area contributed by atoms with Gasteiger partial charge in [0, 0.05) is 7.11 Å². The van der Waals surface area contributed by atoms with Crippen molar-refractivity contribution in [3.05, 3.63) is 0 Å². The highest BCUT2D eigenvalue weighted by Gasteiger charge is 2.50. The minimum atomic E-state index is -1.80. The van der Waals surface area contributed by atoms with Crippen LogP contribution in [0.15, 0.2) is 0 Å². The maximum atomic E-state index is 11.4. The summed E-state index contributed by atoms with van der Waals surface area (Å²) in [5.41, 5.74) is 0. The Morgan fingerprint density at radius 3 is 1.90 bits per heavy atom. The second kappa shape index (κ2) is 7.84. The molecule has 1 aliphatic rings. The lowest BCUT2D eigenvalue weighted by Gasteiger charge is -2.40. The van der Waals surface area contributed by atoms with Crippen LogP contribution >= 0.6 is 0 Å². The van der Waals surface area contributed by atoms with E-state index in [1.54, 1.807) is 0 Å². The summed E-state index contributed by atoms with van der Waals surface area (Å²) < 4.78 is 13.9. The molecule has 124 valence electrons. The maximum absolute atomic E-state index is 11.4. The van der Waals surface area contributed by atoms with Gasteiger partial charge < -0.3 is 44.8 Å². The first-order valence-electron chi connectivity index (χ1n) is 6.20. The average molecular weight is 312 g/mol. The van der Waals surface area contributed by atoms with E-state index in [4.69, 9.17) is 9.84 Å². The minimum Gasteiger partial charge on any atom is -0.431 e. The van der Waals surface area contributed by atoms with Crippen LogP contribution in [0.3, 0.4) is 0 Å². The quantitative estimate of drug-likeness (QED) is 0.278. The van der Waals surface area contributed by atoms with Gasteiger partial charge >= 0.3 is 6.16 Å². The molecule has 10 nitrogen and oxygen atoms in total. The zero-order chi connectivity index (χ0) is 16.2. The van der Waals surface area contributed by atoms with Crippen LogP contribution in [-0.4, -0.2) is 99.8 Å². The lowest BCUT2D eigenvalue weighted by molar-refractivity contribution is -0.226. The summed E-state index contributed by atoms with van der Waals surface area (Å²) in [5.74, 6) is 0. The molecule has 0 saturated heterocycles. The van der Waals surface area contributed by atoms with Gasteiger partial charge in [0.05, 0.1) is 6.61 Å². The molecule has 7 atom stereocenters. The van der Waals surface area contributed by atoms with E-state index in [-0.39, 0.29) is 6.61 Å². The number of hydrogen-bond acceptors (Lipinski definition) is 10. The molecule has 0 aromatic carbocycles. The second-order valence-corrected chi connectivity index (χ2v) is 4.64.